The Kier molecular flexibility index (Phi) is 3.56. The fraction of sp³-hybridized carbons (Fsp3) is 0.154. The summed E-state index contributed by atoms with van der Waals surface area (Å²) in [6, 6.07) is 4.49. The van der Waals surface area contributed by atoms with E-state index in [-0.39, 0.29) is 16.8 Å². The molecular formula is C13H8F6N2. The van der Waals surface area contributed by atoms with Crippen LogP contribution < -0.4 is 5.73 Å². The molecule has 0 aliphatic heterocycles. The van der Waals surface area contributed by atoms with Crippen LogP contribution in [0.2, 0.25) is 0 Å². The second-order valence-corrected chi connectivity index (χ2v) is 4.23. The Morgan fingerprint density at radius 3 is 1.95 bits per heavy atom. The average Bonchev–Trinajstić information content (AvgIpc) is 2.36. The lowest BCUT2D eigenvalue weighted by molar-refractivity contribution is -0.141. The van der Waals surface area contributed by atoms with Gasteiger partial charge in [-0.05, 0) is 18.2 Å². The van der Waals surface area contributed by atoms with Crippen molar-refractivity contribution in [1.82, 2.24) is 4.98 Å². The predicted octanol–water partition coefficient (Wildman–Crippen LogP) is 4.37. The number of hydrogen-bond acceptors (Lipinski definition) is 2. The lowest BCUT2D eigenvalue weighted by Crippen LogP contribution is -2.08. The Balaban J connectivity index is 2.39. The van der Waals surface area contributed by atoms with Crippen molar-refractivity contribution in [3.63, 3.8) is 0 Å². The van der Waals surface area contributed by atoms with Gasteiger partial charge in [0.25, 0.3) is 0 Å². The summed E-state index contributed by atoms with van der Waals surface area (Å²) in [5.74, 6) is 0. The number of rotatable bonds is 1. The van der Waals surface area contributed by atoms with Crippen molar-refractivity contribution in [2.45, 2.75) is 12.4 Å². The summed E-state index contributed by atoms with van der Waals surface area (Å²) in [6.07, 6.45) is -8.20. The maximum absolute atomic E-state index is 12.5. The highest BCUT2D eigenvalue weighted by molar-refractivity contribution is 5.76. The largest absolute Gasteiger partial charge is 0.433 e. The smallest absolute Gasteiger partial charge is 0.398 e. The number of alkyl halides is 6. The van der Waals surface area contributed by atoms with Gasteiger partial charge in [0.1, 0.15) is 5.69 Å². The quantitative estimate of drug-likeness (QED) is 0.627. The molecule has 0 spiro atoms. The molecule has 1 aromatic heterocycles. The van der Waals surface area contributed by atoms with Crippen molar-refractivity contribution in [2.24, 2.45) is 0 Å². The molecule has 2 nitrogen and oxygen atoms in total. The van der Waals surface area contributed by atoms with Gasteiger partial charge in [-0.3, -0.25) is 4.98 Å². The molecule has 112 valence electrons. The first-order chi connectivity index (χ1) is 9.59. The van der Waals surface area contributed by atoms with E-state index in [2.05, 4.69) is 4.98 Å². The fourth-order valence-corrected chi connectivity index (χ4v) is 1.72. The van der Waals surface area contributed by atoms with E-state index in [9.17, 15) is 26.3 Å². The molecule has 0 atom stereocenters. The summed E-state index contributed by atoms with van der Waals surface area (Å²) in [7, 11) is 0. The molecule has 0 aliphatic carbocycles. The van der Waals surface area contributed by atoms with Gasteiger partial charge in [0.2, 0.25) is 0 Å². The number of nitrogens with zero attached hydrogens (tertiary/aromatic N) is 1. The van der Waals surface area contributed by atoms with E-state index >= 15 is 0 Å². The van der Waals surface area contributed by atoms with Crippen LogP contribution in [0.3, 0.4) is 0 Å². The Morgan fingerprint density at radius 2 is 1.52 bits per heavy atom. The zero-order valence-electron chi connectivity index (χ0n) is 10.3. The highest BCUT2D eigenvalue weighted by Crippen LogP contribution is 2.35. The normalized spacial score (nSPS) is 12.5. The molecule has 0 saturated carbocycles. The molecule has 2 N–H and O–H groups in total. The van der Waals surface area contributed by atoms with Crippen LogP contribution in [0.15, 0.2) is 36.5 Å². The molecule has 0 amide bonds. The van der Waals surface area contributed by atoms with E-state index in [0.29, 0.717) is 0 Å². The third kappa shape index (κ3) is 3.26. The van der Waals surface area contributed by atoms with Gasteiger partial charge >= 0.3 is 12.4 Å². The maximum Gasteiger partial charge on any atom is 0.433 e. The van der Waals surface area contributed by atoms with Crippen molar-refractivity contribution in [3.8, 4) is 11.1 Å². The number of anilines is 1. The fourth-order valence-electron chi connectivity index (χ4n) is 1.72. The van der Waals surface area contributed by atoms with E-state index < -0.39 is 23.6 Å². The number of benzene rings is 1. The number of nitrogen functional groups attached to an aromatic ring is 1. The van der Waals surface area contributed by atoms with Gasteiger partial charge in [-0.25, -0.2) is 0 Å². The van der Waals surface area contributed by atoms with Crippen molar-refractivity contribution in [1.29, 1.82) is 0 Å². The molecule has 21 heavy (non-hydrogen) atoms. The second kappa shape index (κ2) is 4.94. The highest BCUT2D eigenvalue weighted by Gasteiger charge is 2.32. The second-order valence-electron chi connectivity index (χ2n) is 4.23. The standard InChI is InChI=1S/C13H8F6N2/c14-12(15,16)8-2-3-9(10(20)5-8)7-1-4-11(21-6-7)13(17,18)19/h1-6H,20H2. The van der Waals surface area contributed by atoms with Crippen LogP contribution in [-0.4, -0.2) is 4.98 Å². The van der Waals surface area contributed by atoms with Crippen LogP contribution in [-0.2, 0) is 12.4 Å². The summed E-state index contributed by atoms with van der Waals surface area (Å²) < 4.78 is 74.6. The number of hydrogen-bond donors (Lipinski definition) is 1. The van der Waals surface area contributed by atoms with Gasteiger partial charge < -0.3 is 5.73 Å². The van der Waals surface area contributed by atoms with Crippen molar-refractivity contribution in [2.75, 3.05) is 5.73 Å². The lowest BCUT2D eigenvalue weighted by atomic mass is 10.0. The Hall–Kier alpha value is -2.25. The van der Waals surface area contributed by atoms with Crippen LogP contribution in [0.25, 0.3) is 11.1 Å². The molecule has 0 bridgehead atoms. The third-order valence-electron chi connectivity index (χ3n) is 2.74. The van der Waals surface area contributed by atoms with E-state index in [1.807, 2.05) is 0 Å². The molecule has 1 aromatic carbocycles. The van der Waals surface area contributed by atoms with Gasteiger partial charge in [-0.2, -0.15) is 26.3 Å². The average molecular weight is 306 g/mol. The number of nitrogens with two attached hydrogens (primary N) is 1. The SMILES string of the molecule is Nc1cc(C(F)(F)F)ccc1-c1ccc(C(F)(F)F)nc1. The molecule has 2 aromatic rings. The molecular weight excluding hydrogens is 298 g/mol. The van der Waals surface area contributed by atoms with Crippen LogP contribution >= 0.6 is 0 Å². The Bertz CT molecular complexity index is 643. The summed E-state index contributed by atoms with van der Waals surface area (Å²) in [5.41, 5.74) is 3.71. The molecule has 0 saturated heterocycles. The zero-order valence-corrected chi connectivity index (χ0v) is 10.3. The van der Waals surface area contributed by atoms with Crippen LogP contribution in [0.4, 0.5) is 32.0 Å². The number of aromatic nitrogens is 1. The summed E-state index contributed by atoms with van der Waals surface area (Å²) in [5, 5.41) is 0. The molecule has 8 heteroatoms. The monoisotopic (exact) mass is 306 g/mol. The number of halogens is 6. The van der Waals surface area contributed by atoms with Gasteiger partial charge in [0.15, 0.2) is 0 Å². The Morgan fingerprint density at radius 1 is 0.857 bits per heavy atom. The van der Waals surface area contributed by atoms with Gasteiger partial charge in [-0.15, -0.1) is 0 Å². The van der Waals surface area contributed by atoms with Crippen molar-refractivity contribution >= 4 is 5.69 Å². The minimum absolute atomic E-state index is 0.184. The maximum atomic E-state index is 12.5. The number of pyridine rings is 1. The van der Waals surface area contributed by atoms with Crippen LogP contribution in [0.5, 0.6) is 0 Å². The van der Waals surface area contributed by atoms with Crippen LogP contribution in [0.1, 0.15) is 11.3 Å². The summed E-state index contributed by atoms with van der Waals surface area (Å²) in [4.78, 5) is 3.24. The van der Waals surface area contributed by atoms with Gasteiger partial charge in [0.05, 0.1) is 5.56 Å². The minimum Gasteiger partial charge on any atom is -0.398 e. The van der Waals surface area contributed by atoms with Crippen molar-refractivity contribution in [3.05, 3.63) is 47.8 Å². The van der Waals surface area contributed by atoms with Gasteiger partial charge in [0, 0.05) is 23.0 Å². The first kappa shape index (κ1) is 15.1. The topological polar surface area (TPSA) is 38.9 Å². The molecule has 0 aliphatic rings. The molecule has 0 fully saturated rings. The third-order valence-corrected chi connectivity index (χ3v) is 2.74. The molecule has 1 heterocycles. The molecule has 0 radical (unpaired) electrons. The van der Waals surface area contributed by atoms with E-state index in [4.69, 9.17) is 5.73 Å². The molecule has 0 unspecified atom stereocenters. The molecule has 2 rings (SSSR count). The Labute approximate surface area is 115 Å². The van der Waals surface area contributed by atoms with Crippen LogP contribution in [0, 0.1) is 0 Å². The van der Waals surface area contributed by atoms with E-state index in [1.54, 1.807) is 0 Å². The van der Waals surface area contributed by atoms with Gasteiger partial charge in [-0.1, -0.05) is 12.1 Å². The van der Waals surface area contributed by atoms with Crippen molar-refractivity contribution < 1.29 is 26.3 Å². The zero-order chi connectivity index (χ0) is 15.8. The first-order valence-electron chi connectivity index (χ1n) is 5.59. The summed E-state index contributed by atoms with van der Waals surface area (Å²) >= 11 is 0. The first-order valence-corrected chi connectivity index (χ1v) is 5.59. The predicted molar refractivity (Wildman–Crippen MR) is 64.1 cm³/mol. The lowest BCUT2D eigenvalue weighted by Gasteiger charge is -2.11. The minimum atomic E-state index is -4.58. The summed E-state index contributed by atoms with van der Waals surface area (Å²) in [6.45, 7) is 0. The van der Waals surface area contributed by atoms with E-state index in [1.165, 1.54) is 0 Å². The van der Waals surface area contributed by atoms with E-state index in [0.717, 1.165) is 36.5 Å². The highest BCUT2D eigenvalue weighted by atomic mass is 19.4.